The van der Waals surface area contributed by atoms with Gasteiger partial charge in [-0.05, 0) is 0 Å². The van der Waals surface area contributed by atoms with Crippen molar-refractivity contribution in [1.82, 2.24) is 0 Å². The van der Waals surface area contributed by atoms with Crippen LogP contribution < -0.4 is 28.8 Å². The molecule has 0 saturated carbocycles. The Kier molecular flexibility index (Phi) is 157. The molecule has 0 aliphatic heterocycles. The Morgan fingerprint density at radius 3 is 0.500 bits per heavy atom. The van der Waals surface area contributed by atoms with Gasteiger partial charge in [-0.1, -0.05) is 0 Å². The zero-order valence-corrected chi connectivity index (χ0v) is 11.6. The molecule has 0 aromatic rings. The van der Waals surface area contributed by atoms with Gasteiger partial charge in [0, 0.05) is 27.5 Å². The molecule has 0 aromatic heterocycles. The number of rotatable bonds is 0. The third kappa shape index (κ3) is 362. The summed E-state index contributed by atoms with van der Waals surface area (Å²) in [5.41, 5.74) is 0. The van der Waals surface area contributed by atoms with Gasteiger partial charge in [0.15, 0.2) is 0 Å². The van der Waals surface area contributed by atoms with E-state index in [4.69, 9.17) is 42.2 Å². The van der Waals surface area contributed by atoms with Crippen LogP contribution in [-0.4, -0.2) is 211 Å². The maximum atomic E-state index is 8.52. The summed E-state index contributed by atoms with van der Waals surface area (Å²) in [5.74, 6) is 0. The van der Waals surface area contributed by atoms with Crippen LogP contribution in [0.5, 0.6) is 0 Å². The quantitative estimate of drug-likeness (QED) is 0.346. The molecule has 9 nitrogen and oxygen atoms in total. The summed E-state index contributed by atoms with van der Waals surface area (Å²) in [7, 11) is -10.9. The van der Waals surface area contributed by atoms with Crippen molar-refractivity contribution in [2.24, 2.45) is 0 Å². The van der Waals surface area contributed by atoms with Crippen LogP contribution in [0, 0.1) is 0 Å². The van der Waals surface area contributed by atoms with Gasteiger partial charge in [0.2, 0.25) is 0 Å². The molecule has 0 aliphatic rings. The predicted molar refractivity (Wildman–Crippen MR) is 62.2 cm³/mol. The van der Waals surface area contributed by atoms with E-state index in [9.17, 15) is 0 Å². The summed E-state index contributed by atoms with van der Waals surface area (Å²) in [6.45, 7) is 0. The van der Waals surface area contributed by atoms with Crippen molar-refractivity contribution in [1.29, 1.82) is 0 Å². The van der Waals surface area contributed by atoms with E-state index in [0.29, 0.717) is 0 Å². The van der Waals surface area contributed by atoms with Gasteiger partial charge in [0.25, 0.3) is 0 Å². The van der Waals surface area contributed by atoms with Crippen LogP contribution in [0.3, 0.4) is 0 Å². The topological polar surface area (TPSA) is 190 Å². The first kappa shape index (κ1) is 56.9. The minimum Gasteiger partial charge on any atom is 0.316 e. The van der Waals surface area contributed by atoms with Crippen molar-refractivity contribution >= 4 is 211 Å². The molecule has 0 bridgehead atoms. The Morgan fingerprint density at radius 1 is 0.500 bits per heavy atom. The molecule has 84 valence electrons. The Bertz CT molecular complexity index is 133. The van der Waals surface area contributed by atoms with Gasteiger partial charge in [-0.15, -0.1) is 0 Å². The zero-order chi connectivity index (χ0) is 10.7. The Hall–Kier alpha value is 4.72. The third-order valence-electron chi connectivity index (χ3n) is 0. The van der Waals surface area contributed by atoms with Gasteiger partial charge in [0.05, 0.1) is 0 Å². The maximum Gasteiger partial charge on any atom is 0.316 e. The fourth-order valence-electron chi connectivity index (χ4n) is 0. The molecule has 0 spiro atoms. The van der Waals surface area contributed by atoms with Crippen LogP contribution in [0.15, 0.2) is 0 Å². The van der Waals surface area contributed by atoms with Crippen LogP contribution in [0.4, 0.5) is 0 Å². The largest absolute Gasteiger partial charge is 0.316 e. The normalized spacial score (nSPS) is 4.00. The average Bonchev–Trinajstić information content (AvgIpc) is 1.54. The molecule has 18 heteroatoms. The minimum absolute atomic E-state index is 0. The van der Waals surface area contributed by atoms with E-state index in [1.54, 1.807) is 0 Å². The van der Waals surface area contributed by atoms with Crippen molar-refractivity contribution in [2.45, 2.75) is 0 Å². The molecule has 18 heavy (non-hydrogen) atoms. The summed E-state index contributed by atoms with van der Waals surface area (Å²) in [6.07, 6.45) is 0. The molecule has 0 amide bonds. The van der Waals surface area contributed by atoms with Gasteiger partial charge < -0.3 is 42.2 Å². The van der Waals surface area contributed by atoms with E-state index in [-0.39, 0.29) is 184 Å². The SMILES string of the molecule is O=[Si]([O-])[O-].O=[Si]([O-])[O-].O=[Si]([O-])[O-].[Al+3].[Al+3].[KH].[KH].[MgH2].[MgH2]. The molecule has 0 atom stereocenters. The molecule has 0 aromatic carbocycles. The van der Waals surface area contributed by atoms with Gasteiger partial charge in [-0.3, -0.25) is 0 Å². The molecular weight excluding hydrogens is 409 g/mol. The second-order valence-corrected chi connectivity index (χ2v) is 2.25. The van der Waals surface area contributed by atoms with Crippen molar-refractivity contribution in [3.8, 4) is 0 Å². The van der Waals surface area contributed by atoms with E-state index in [1.165, 1.54) is 0 Å². The van der Waals surface area contributed by atoms with E-state index < -0.39 is 27.5 Å². The first-order valence-corrected chi connectivity index (χ1v) is 5.51. The predicted octanol–water partition coefficient (Wildman–Crippen LogP) is -12.5. The monoisotopic (exact) mass is 414 g/mol. The van der Waals surface area contributed by atoms with Crippen molar-refractivity contribution in [3.05, 3.63) is 0 Å². The fourth-order valence-corrected chi connectivity index (χ4v) is 0. The van der Waals surface area contributed by atoms with Crippen LogP contribution in [0.1, 0.15) is 0 Å². The molecule has 0 saturated heterocycles. The Morgan fingerprint density at radius 2 is 0.500 bits per heavy atom. The van der Waals surface area contributed by atoms with Gasteiger partial charge in [-0.25, -0.2) is 0 Å². The van der Waals surface area contributed by atoms with E-state index in [0.717, 1.165) is 0 Å². The van der Waals surface area contributed by atoms with Gasteiger partial charge in [-0.2, -0.15) is 0 Å². The molecule has 0 unspecified atom stereocenters. The molecule has 0 fully saturated rings. The molecule has 0 radical (unpaired) electrons. The maximum absolute atomic E-state index is 8.52. The standard InChI is InChI=1S/2Al.2K.2Mg.3O3Si.6H/c;;;;;;3*1-4(2)3;;;;;;/q2*+3;;;;;3*-2;;;;;;. The molecule has 0 aliphatic carbocycles. The molecule has 0 rings (SSSR count). The first-order valence-electron chi connectivity index (χ1n) is 1.84. The summed E-state index contributed by atoms with van der Waals surface area (Å²) in [4.78, 5) is 51.1. The van der Waals surface area contributed by atoms with E-state index in [2.05, 4.69) is 0 Å². The summed E-state index contributed by atoms with van der Waals surface area (Å²) in [6, 6.07) is 0. The van der Waals surface area contributed by atoms with Crippen LogP contribution in [-0.2, 0) is 13.4 Å². The molecule has 0 heterocycles. The second-order valence-electron chi connectivity index (χ2n) is 0.750. The number of hydrogen-bond acceptors (Lipinski definition) is 9. The zero-order valence-electron chi connectivity index (χ0n) is 6.33. The third-order valence-corrected chi connectivity index (χ3v) is 0. The van der Waals surface area contributed by atoms with E-state index >= 15 is 0 Å². The van der Waals surface area contributed by atoms with Gasteiger partial charge in [0.1, 0.15) is 0 Å². The van der Waals surface area contributed by atoms with Crippen LogP contribution >= 0.6 is 0 Å². The fraction of sp³-hybridized carbons (Fsp3) is 0. The van der Waals surface area contributed by atoms with Crippen molar-refractivity contribution < 1.29 is 42.2 Å². The van der Waals surface area contributed by atoms with Crippen molar-refractivity contribution in [2.75, 3.05) is 0 Å². The molecule has 0 N–H and O–H groups in total. The van der Waals surface area contributed by atoms with E-state index in [1.807, 2.05) is 0 Å². The van der Waals surface area contributed by atoms with Crippen LogP contribution in [0.2, 0.25) is 0 Å². The number of hydrogen-bond donors (Lipinski definition) is 0. The first-order chi connectivity index (χ1) is 5.20. The summed E-state index contributed by atoms with van der Waals surface area (Å²) in [5, 5.41) is 0. The second kappa shape index (κ2) is 49.5. The Balaban J connectivity index is -0.00000000827. The minimum atomic E-state index is -3.63. The van der Waals surface area contributed by atoms with Crippen molar-refractivity contribution in [3.63, 3.8) is 0 Å². The smallest absolute Gasteiger partial charge is 0.316 e. The average molecular weight is 415 g/mol. The summed E-state index contributed by atoms with van der Waals surface area (Å²) < 4.78 is 25.6. The van der Waals surface area contributed by atoms with Gasteiger partial charge >= 0.3 is 184 Å². The summed E-state index contributed by atoms with van der Waals surface area (Å²) >= 11 is 0. The Labute approximate surface area is 247 Å². The van der Waals surface area contributed by atoms with Crippen LogP contribution in [0.25, 0.3) is 0 Å². The molecular formula is H6Al2K2Mg2O9Si3.